The van der Waals surface area contributed by atoms with Crippen LogP contribution in [0.2, 0.25) is 0 Å². The van der Waals surface area contributed by atoms with Crippen LogP contribution in [0.4, 0.5) is 0 Å². The van der Waals surface area contributed by atoms with Crippen molar-refractivity contribution in [2.75, 3.05) is 26.2 Å². The molecule has 3 aliphatic rings. The average molecular weight is 362 g/mol. The fourth-order valence-electron chi connectivity index (χ4n) is 4.69. The van der Waals surface area contributed by atoms with Crippen LogP contribution in [-0.4, -0.2) is 31.1 Å². The van der Waals surface area contributed by atoms with E-state index in [0.717, 1.165) is 24.1 Å². The Labute approximate surface area is 163 Å². The van der Waals surface area contributed by atoms with E-state index in [0.29, 0.717) is 6.61 Å². The Morgan fingerprint density at radius 3 is 2.07 bits per heavy atom. The van der Waals surface area contributed by atoms with Gasteiger partial charge in [-0.3, -0.25) is 4.90 Å². The number of rotatable bonds is 6. The molecule has 1 saturated carbocycles. The summed E-state index contributed by atoms with van der Waals surface area (Å²) in [5.74, 6) is 2.78. The van der Waals surface area contributed by atoms with Crippen LogP contribution in [0, 0.1) is 11.8 Å². The smallest absolute Gasteiger partial charge is 0.119 e. The molecule has 2 nitrogen and oxygen atoms in total. The number of hydrogen-bond donors (Lipinski definition) is 0. The predicted octanol–water partition coefficient (Wildman–Crippen LogP) is 5.64. The Hall–Kier alpha value is -2.06. The van der Waals surface area contributed by atoms with E-state index in [1.54, 1.807) is 0 Å². The molecule has 5 rings (SSSR count). The third-order valence-electron chi connectivity index (χ3n) is 6.11. The van der Waals surface area contributed by atoms with Crippen molar-refractivity contribution in [1.82, 2.24) is 4.90 Å². The molecule has 2 bridgehead atoms. The fraction of sp³-hybridized carbons (Fsp3) is 0.440. The first-order valence-corrected chi connectivity index (χ1v) is 10.5. The minimum absolute atomic E-state index is 0.706. The van der Waals surface area contributed by atoms with Crippen molar-refractivity contribution in [3.05, 3.63) is 71.8 Å². The molecule has 2 heteroatoms. The van der Waals surface area contributed by atoms with Crippen LogP contribution in [0.25, 0.3) is 5.57 Å². The van der Waals surface area contributed by atoms with Crippen molar-refractivity contribution in [3.63, 3.8) is 0 Å². The van der Waals surface area contributed by atoms with Crippen LogP contribution in [0.3, 0.4) is 0 Å². The minimum Gasteiger partial charge on any atom is -0.494 e. The number of fused-ring (bicyclic) bond motifs is 4. The van der Waals surface area contributed by atoms with Gasteiger partial charge in [0.25, 0.3) is 0 Å². The summed E-state index contributed by atoms with van der Waals surface area (Å²) in [6.07, 6.45) is 8.20. The lowest BCUT2D eigenvalue weighted by Crippen LogP contribution is -2.28. The topological polar surface area (TPSA) is 12.5 Å². The highest BCUT2D eigenvalue weighted by molar-refractivity contribution is 5.80. The molecule has 27 heavy (non-hydrogen) atoms. The lowest BCUT2D eigenvalue weighted by atomic mass is 9.84. The maximum absolute atomic E-state index is 5.62. The Bertz CT molecular complexity index is 728. The molecule has 142 valence electrons. The number of hydrogen-bond acceptors (Lipinski definition) is 2. The summed E-state index contributed by atoms with van der Waals surface area (Å²) in [6, 6.07) is 19.3. The molecular weight excluding hydrogens is 330 g/mol. The normalized spacial score (nSPS) is 23.2. The molecule has 2 aromatic carbocycles. The monoisotopic (exact) mass is 361 g/mol. The highest BCUT2D eigenvalue weighted by Gasteiger charge is 2.28. The second kappa shape index (κ2) is 8.75. The summed E-state index contributed by atoms with van der Waals surface area (Å²) in [4.78, 5) is 2.69. The van der Waals surface area contributed by atoms with E-state index in [-0.39, 0.29) is 0 Å². The lowest BCUT2D eigenvalue weighted by Gasteiger charge is -2.21. The third kappa shape index (κ3) is 4.62. The molecule has 0 amide bonds. The van der Waals surface area contributed by atoms with Crippen LogP contribution in [0.15, 0.2) is 60.7 Å². The Morgan fingerprint density at radius 2 is 1.48 bits per heavy atom. The maximum atomic E-state index is 5.62. The van der Waals surface area contributed by atoms with E-state index in [9.17, 15) is 0 Å². The van der Waals surface area contributed by atoms with Crippen LogP contribution < -0.4 is 4.74 Å². The quantitative estimate of drug-likeness (QED) is 0.660. The summed E-state index contributed by atoms with van der Waals surface area (Å²) < 4.78 is 5.62. The number of ether oxygens (including phenoxy) is 1. The van der Waals surface area contributed by atoms with Crippen LogP contribution in [0.1, 0.15) is 43.7 Å². The van der Waals surface area contributed by atoms with Gasteiger partial charge in [0.05, 0.1) is 6.61 Å². The van der Waals surface area contributed by atoms with E-state index in [2.05, 4.69) is 65.6 Å². The summed E-state index contributed by atoms with van der Waals surface area (Å²) in [7, 11) is 0. The highest BCUT2D eigenvalue weighted by atomic mass is 16.5. The van der Waals surface area contributed by atoms with Crippen LogP contribution in [0.5, 0.6) is 5.75 Å². The second-order valence-electron chi connectivity index (χ2n) is 8.05. The van der Waals surface area contributed by atoms with Crippen molar-refractivity contribution in [3.8, 4) is 5.75 Å². The molecule has 3 fully saturated rings. The lowest BCUT2D eigenvalue weighted by molar-refractivity contribution is 0.279. The average Bonchev–Trinajstić information content (AvgIpc) is 3.03. The fourth-order valence-corrected chi connectivity index (χ4v) is 4.69. The molecule has 2 heterocycles. The molecule has 0 radical (unpaired) electrons. The van der Waals surface area contributed by atoms with E-state index < -0.39 is 0 Å². The summed E-state index contributed by atoms with van der Waals surface area (Å²) in [5.41, 5.74) is 3.89. The molecule has 2 saturated heterocycles. The predicted molar refractivity (Wildman–Crippen MR) is 113 cm³/mol. The number of nitrogens with zero attached hydrogens (tertiary/aromatic N) is 1. The van der Waals surface area contributed by atoms with Crippen molar-refractivity contribution in [2.24, 2.45) is 11.8 Å². The van der Waals surface area contributed by atoms with Crippen LogP contribution >= 0.6 is 0 Å². The van der Waals surface area contributed by atoms with Gasteiger partial charge in [-0.15, -0.1) is 0 Å². The van der Waals surface area contributed by atoms with E-state index in [1.165, 1.54) is 55.5 Å². The molecule has 0 N–H and O–H groups in total. The Morgan fingerprint density at radius 1 is 0.889 bits per heavy atom. The molecule has 1 aliphatic carbocycles. The first kappa shape index (κ1) is 18.3. The van der Waals surface area contributed by atoms with E-state index >= 15 is 0 Å². The van der Waals surface area contributed by atoms with E-state index in [1.807, 2.05) is 6.92 Å². The molecule has 0 aromatic heterocycles. The second-order valence-corrected chi connectivity index (χ2v) is 8.05. The van der Waals surface area contributed by atoms with Crippen molar-refractivity contribution >= 4 is 5.57 Å². The Kier molecular flexibility index (Phi) is 5.94. The molecule has 2 aromatic rings. The highest BCUT2D eigenvalue weighted by Crippen LogP contribution is 2.34. The standard InChI is InChI=1S/C25H31NO/c1-2-27-24-14-12-23(13-15-24)25(22-6-4-3-5-7-22)16-17-26-18-20-8-9-21(19-26)11-10-20/h3-7,12-16,20-21H,2,8-11,17-19H2,1H3/b25-16+. The van der Waals surface area contributed by atoms with Gasteiger partial charge in [-0.25, -0.2) is 0 Å². The molecule has 0 atom stereocenters. The summed E-state index contributed by atoms with van der Waals surface area (Å²) in [5, 5.41) is 0. The van der Waals surface area contributed by atoms with Gasteiger partial charge < -0.3 is 4.74 Å². The van der Waals surface area contributed by atoms with Gasteiger partial charge in [0.15, 0.2) is 0 Å². The first-order valence-electron chi connectivity index (χ1n) is 10.5. The van der Waals surface area contributed by atoms with Crippen molar-refractivity contribution in [2.45, 2.75) is 32.6 Å². The van der Waals surface area contributed by atoms with Gasteiger partial charge in [0, 0.05) is 19.6 Å². The van der Waals surface area contributed by atoms with Crippen molar-refractivity contribution in [1.29, 1.82) is 0 Å². The van der Waals surface area contributed by atoms with Gasteiger partial charge in [0.2, 0.25) is 0 Å². The maximum Gasteiger partial charge on any atom is 0.119 e. The zero-order valence-electron chi connectivity index (χ0n) is 16.4. The van der Waals surface area contributed by atoms with Gasteiger partial charge in [0.1, 0.15) is 5.75 Å². The van der Waals surface area contributed by atoms with Crippen molar-refractivity contribution < 1.29 is 4.74 Å². The minimum atomic E-state index is 0.706. The largest absolute Gasteiger partial charge is 0.494 e. The van der Waals surface area contributed by atoms with Gasteiger partial charge in [-0.2, -0.15) is 0 Å². The summed E-state index contributed by atoms with van der Waals surface area (Å²) >= 11 is 0. The SMILES string of the molecule is CCOc1ccc(/C(=C/CN2CC3CCC(CC3)C2)c2ccccc2)cc1. The molecule has 0 spiro atoms. The molecular formula is C25H31NO. The third-order valence-corrected chi connectivity index (χ3v) is 6.11. The van der Waals surface area contributed by atoms with Gasteiger partial charge in [-0.1, -0.05) is 48.5 Å². The van der Waals surface area contributed by atoms with Crippen LogP contribution in [-0.2, 0) is 0 Å². The number of benzene rings is 2. The van der Waals surface area contributed by atoms with E-state index in [4.69, 9.17) is 4.74 Å². The van der Waals surface area contributed by atoms with Gasteiger partial charge in [-0.05, 0) is 73.3 Å². The van der Waals surface area contributed by atoms with Gasteiger partial charge >= 0.3 is 0 Å². The zero-order chi connectivity index (χ0) is 18.5. The first-order chi connectivity index (χ1) is 13.3. The molecule has 2 aliphatic heterocycles. The Balaban J connectivity index is 1.57. The summed E-state index contributed by atoms with van der Waals surface area (Å²) in [6.45, 7) is 6.33. The molecule has 0 unspecified atom stereocenters. The zero-order valence-corrected chi connectivity index (χ0v) is 16.4.